The average Bonchev–Trinajstić information content (AvgIpc) is 3.04. The molecule has 2 aliphatic carbocycles. The number of nitrogens with two attached hydrogens (primary N) is 1. The summed E-state index contributed by atoms with van der Waals surface area (Å²) in [5.41, 5.74) is 5.65. The van der Waals surface area contributed by atoms with Crippen LogP contribution in [0.4, 0.5) is 0 Å². The van der Waals surface area contributed by atoms with Crippen LogP contribution in [-0.2, 0) is 10.3 Å². The number of carbonyl (C=O) groups excluding carboxylic acids is 1. The number of amides is 1. The molecule has 2 saturated carbocycles. The van der Waals surface area contributed by atoms with Gasteiger partial charge in [-0.3, -0.25) is 4.79 Å². The van der Waals surface area contributed by atoms with E-state index in [1.54, 1.807) is 6.92 Å². The van der Waals surface area contributed by atoms with Crippen LogP contribution in [0.5, 0.6) is 0 Å². The Labute approximate surface area is 137 Å². The van der Waals surface area contributed by atoms with Crippen LogP contribution in [0, 0.1) is 12.8 Å². The van der Waals surface area contributed by atoms with Crippen molar-refractivity contribution in [1.82, 2.24) is 15.5 Å². The molecule has 6 heteroatoms. The molecule has 2 fully saturated rings. The number of aryl methyl sites for hydroxylation is 1. The summed E-state index contributed by atoms with van der Waals surface area (Å²) in [5, 5.41) is 7.40. The molecule has 0 bridgehead atoms. The number of rotatable bonds is 4. The second-order valence-electron chi connectivity index (χ2n) is 7.24. The van der Waals surface area contributed by atoms with Gasteiger partial charge < -0.3 is 15.6 Å². The molecule has 3 N–H and O–H groups in total. The van der Waals surface area contributed by atoms with Crippen molar-refractivity contribution in [2.24, 2.45) is 11.7 Å². The van der Waals surface area contributed by atoms with Crippen LogP contribution in [0.15, 0.2) is 4.52 Å². The fraction of sp³-hybridized carbons (Fsp3) is 0.824. The zero-order chi connectivity index (χ0) is 16.3. The van der Waals surface area contributed by atoms with E-state index in [-0.39, 0.29) is 11.9 Å². The Morgan fingerprint density at radius 1 is 1.26 bits per heavy atom. The van der Waals surface area contributed by atoms with E-state index in [1.165, 1.54) is 12.8 Å². The predicted molar refractivity (Wildman–Crippen MR) is 86.5 cm³/mol. The minimum absolute atomic E-state index is 0.0803. The zero-order valence-corrected chi connectivity index (χ0v) is 14.0. The fourth-order valence-electron chi connectivity index (χ4n) is 4.11. The van der Waals surface area contributed by atoms with Crippen LogP contribution in [0.2, 0.25) is 0 Å². The van der Waals surface area contributed by atoms with E-state index in [1.807, 2.05) is 0 Å². The first kappa shape index (κ1) is 16.4. The topological polar surface area (TPSA) is 94.0 Å². The summed E-state index contributed by atoms with van der Waals surface area (Å²) >= 11 is 0. The minimum Gasteiger partial charge on any atom is -0.343 e. The molecule has 6 nitrogen and oxygen atoms in total. The molecule has 0 aromatic carbocycles. The Morgan fingerprint density at radius 2 is 2.00 bits per heavy atom. The normalized spacial score (nSPS) is 27.6. The molecule has 3 rings (SSSR count). The van der Waals surface area contributed by atoms with Gasteiger partial charge in [0.25, 0.3) is 0 Å². The fourth-order valence-corrected chi connectivity index (χ4v) is 4.11. The quantitative estimate of drug-likeness (QED) is 0.832. The standard InChI is InChI=1S/C17H28N4O2/c1-12-19-16(21-23-12)17(9-4-2-3-5-10-17)20-15(22)11-13-7-6-8-14(13)18/h13-14H,2-11,18H2,1H3,(H,20,22)/t13-,14+/m0/s1. The van der Waals surface area contributed by atoms with Crippen molar-refractivity contribution < 1.29 is 9.32 Å². The molecule has 128 valence electrons. The molecule has 1 heterocycles. The molecule has 0 unspecified atom stereocenters. The highest BCUT2D eigenvalue weighted by atomic mass is 16.5. The van der Waals surface area contributed by atoms with Gasteiger partial charge in [0.1, 0.15) is 5.54 Å². The third-order valence-corrected chi connectivity index (χ3v) is 5.46. The smallest absolute Gasteiger partial charge is 0.223 e. The van der Waals surface area contributed by atoms with Crippen molar-refractivity contribution in [2.45, 2.75) is 82.7 Å². The average molecular weight is 320 g/mol. The summed E-state index contributed by atoms with van der Waals surface area (Å²) in [6, 6.07) is 0.165. The van der Waals surface area contributed by atoms with Crippen LogP contribution < -0.4 is 11.1 Å². The summed E-state index contributed by atoms with van der Waals surface area (Å²) in [6.45, 7) is 1.79. The number of hydrogen-bond acceptors (Lipinski definition) is 5. The Morgan fingerprint density at radius 3 is 2.57 bits per heavy atom. The lowest BCUT2D eigenvalue weighted by Gasteiger charge is -2.31. The summed E-state index contributed by atoms with van der Waals surface area (Å²) in [7, 11) is 0. The van der Waals surface area contributed by atoms with Gasteiger partial charge in [0.2, 0.25) is 11.8 Å². The van der Waals surface area contributed by atoms with Gasteiger partial charge in [-0.15, -0.1) is 0 Å². The van der Waals surface area contributed by atoms with Crippen LogP contribution in [0.25, 0.3) is 0 Å². The van der Waals surface area contributed by atoms with Gasteiger partial charge in [0.15, 0.2) is 5.82 Å². The van der Waals surface area contributed by atoms with Crippen LogP contribution in [0.1, 0.15) is 75.9 Å². The molecule has 2 aliphatic rings. The SMILES string of the molecule is Cc1nc(C2(NC(=O)C[C@@H]3CCC[C@H]3N)CCCCCC2)no1. The first-order chi connectivity index (χ1) is 11.1. The maximum atomic E-state index is 12.7. The number of nitrogens with zero attached hydrogens (tertiary/aromatic N) is 2. The molecule has 0 aliphatic heterocycles. The van der Waals surface area contributed by atoms with E-state index < -0.39 is 5.54 Å². The Kier molecular flexibility index (Phi) is 4.99. The van der Waals surface area contributed by atoms with Crippen molar-refractivity contribution in [1.29, 1.82) is 0 Å². The Balaban J connectivity index is 1.74. The first-order valence-electron chi connectivity index (χ1n) is 8.96. The molecule has 0 spiro atoms. The monoisotopic (exact) mass is 320 g/mol. The summed E-state index contributed by atoms with van der Waals surface area (Å²) in [4.78, 5) is 17.1. The van der Waals surface area contributed by atoms with Gasteiger partial charge in [0, 0.05) is 19.4 Å². The van der Waals surface area contributed by atoms with Crippen molar-refractivity contribution in [2.75, 3.05) is 0 Å². The molecular formula is C17H28N4O2. The van der Waals surface area contributed by atoms with Gasteiger partial charge in [-0.25, -0.2) is 0 Å². The second-order valence-corrected chi connectivity index (χ2v) is 7.24. The maximum Gasteiger partial charge on any atom is 0.223 e. The minimum atomic E-state index is -0.464. The second kappa shape index (κ2) is 6.99. The van der Waals surface area contributed by atoms with Crippen LogP contribution in [0.3, 0.4) is 0 Å². The van der Waals surface area contributed by atoms with E-state index in [4.69, 9.17) is 10.3 Å². The van der Waals surface area contributed by atoms with Crippen molar-refractivity contribution in [3.8, 4) is 0 Å². The number of aromatic nitrogens is 2. The lowest BCUT2D eigenvalue weighted by Crippen LogP contribution is -2.47. The molecule has 1 aromatic rings. The van der Waals surface area contributed by atoms with Gasteiger partial charge in [-0.2, -0.15) is 4.98 Å². The van der Waals surface area contributed by atoms with Crippen LogP contribution in [-0.4, -0.2) is 22.1 Å². The summed E-state index contributed by atoms with van der Waals surface area (Å²) < 4.78 is 5.18. The number of carbonyl (C=O) groups is 1. The first-order valence-corrected chi connectivity index (χ1v) is 8.96. The highest BCUT2D eigenvalue weighted by molar-refractivity contribution is 5.77. The number of hydrogen-bond donors (Lipinski definition) is 2. The van der Waals surface area contributed by atoms with Gasteiger partial charge >= 0.3 is 0 Å². The van der Waals surface area contributed by atoms with Gasteiger partial charge in [0.05, 0.1) is 0 Å². The Hall–Kier alpha value is -1.43. The van der Waals surface area contributed by atoms with E-state index in [9.17, 15) is 4.79 Å². The third kappa shape index (κ3) is 3.74. The molecule has 1 aromatic heterocycles. The summed E-state index contributed by atoms with van der Waals surface area (Å²) in [6.07, 6.45) is 10.1. The van der Waals surface area contributed by atoms with Gasteiger partial charge in [-0.05, 0) is 31.6 Å². The van der Waals surface area contributed by atoms with Crippen molar-refractivity contribution in [3.63, 3.8) is 0 Å². The van der Waals surface area contributed by atoms with E-state index in [2.05, 4.69) is 15.5 Å². The van der Waals surface area contributed by atoms with Crippen molar-refractivity contribution >= 4 is 5.91 Å². The zero-order valence-electron chi connectivity index (χ0n) is 14.0. The summed E-state index contributed by atoms with van der Waals surface area (Å²) in [5.74, 6) is 1.58. The molecule has 0 saturated heterocycles. The molecule has 23 heavy (non-hydrogen) atoms. The molecule has 2 atom stereocenters. The van der Waals surface area contributed by atoms with E-state index >= 15 is 0 Å². The largest absolute Gasteiger partial charge is 0.343 e. The molecular weight excluding hydrogens is 292 g/mol. The molecule has 1 amide bonds. The Bertz CT molecular complexity index is 534. The highest BCUT2D eigenvalue weighted by Crippen LogP contribution is 2.35. The van der Waals surface area contributed by atoms with E-state index in [0.29, 0.717) is 24.1 Å². The maximum absolute atomic E-state index is 12.7. The highest BCUT2D eigenvalue weighted by Gasteiger charge is 2.39. The van der Waals surface area contributed by atoms with Gasteiger partial charge in [-0.1, -0.05) is 37.3 Å². The lowest BCUT2D eigenvalue weighted by molar-refractivity contribution is -0.124. The van der Waals surface area contributed by atoms with Crippen molar-refractivity contribution in [3.05, 3.63) is 11.7 Å². The van der Waals surface area contributed by atoms with Crippen LogP contribution >= 0.6 is 0 Å². The lowest BCUT2D eigenvalue weighted by atomic mass is 9.88. The predicted octanol–water partition coefficient (Wildman–Crippen LogP) is 2.56. The molecule has 0 radical (unpaired) electrons. The number of nitrogens with one attached hydrogen (secondary N) is 1. The third-order valence-electron chi connectivity index (χ3n) is 5.46. The van der Waals surface area contributed by atoms with E-state index in [0.717, 1.165) is 44.9 Å².